The molecule has 0 atom stereocenters. The third-order valence-corrected chi connectivity index (χ3v) is 5.64. The number of urea groups is 1. The Kier molecular flexibility index (Phi) is 5.21. The molecule has 1 saturated heterocycles. The van der Waals surface area contributed by atoms with E-state index in [9.17, 15) is 13.2 Å². The van der Waals surface area contributed by atoms with Gasteiger partial charge in [-0.1, -0.05) is 35.9 Å². The minimum Gasteiger partial charge on any atom is -0.307 e. The first-order valence-electron chi connectivity index (χ1n) is 7.91. The number of nitrogens with one attached hydrogen (secondary N) is 2. The maximum absolute atomic E-state index is 12.5. The minimum absolute atomic E-state index is 0.106. The highest BCUT2D eigenvalue weighted by Gasteiger charge is 2.32. The lowest BCUT2D eigenvalue weighted by molar-refractivity contribution is 0.237. The van der Waals surface area contributed by atoms with E-state index in [1.165, 1.54) is 22.0 Å². The van der Waals surface area contributed by atoms with E-state index in [0.717, 1.165) is 5.56 Å². The fraction of sp³-hybridized carbons (Fsp3) is 0.176. The average Bonchev–Trinajstić information content (AvgIpc) is 2.96. The topological polar surface area (TPSA) is 81.8 Å². The zero-order valence-electron chi connectivity index (χ0n) is 14.0. The maximum atomic E-state index is 12.5. The van der Waals surface area contributed by atoms with E-state index in [1.807, 2.05) is 13.0 Å². The predicted octanol–water partition coefficient (Wildman–Crippen LogP) is 2.32. The number of sulfonamides is 1. The molecule has 9 heteroatoms. The van der Waals surface area contributed by atoms with E-state index in [4.69, 9.17) is 12.2 Å². The molecule has 7 nitrogen and oxygen atoms in total. The van der Waals surface area contributed by atoms with Crippen LogP contribution < -0.4 is 10.1 Å². The van der Waals surface area contributed by atoms with Crippen LogP contribution in [0.25, 0.3) is 0 Å². The number of amides is 2. The van der Waals surface area contributed by atoms with Gasteiger partial charge in [-0.25, -0.2) is 13.2 Å². The number of para-hydroxylation sites is 1. The number of hydrogen-bond acceptors (Lipinski definition) is 4. The molecule has 1 aliphatic heterocycles. The Balaban J connectivity index is 1.67. The van der Waals surface area contributed by atoms with Gasteiger partial charge in [0.15, 0.2) is 5.11 Å². The monoisotopic (exact) mass is 390 g/mol. The van der Waals surface area contributed by atoms with Gasteiger partial charge >= 0.3 is 6.03 Å². The minimum atomic E-state index is -3.77. The van der Waals surface area contributed by atoms with Crippen LogP contribution in [0.15, 0.2) is 59.5 Å². The fourth-order valence-corrected chi connectivity index (χ4v) is 3.87. The first-order valence-corrected chi connectivity index (χ1v) is 9.80. The maximum Gasteiger partial charge on any atom is 0.328 e. The fourth-order valence-electron chi connectivity index (χ4n) is 2.44. The molecule has 2 N–H and O–H groups in total. The molecule has 2 aromatic carbocycles. The third kappa shape index (κ3) is 4.01. The van der Waals surface area contributed by atoms with Crippen LogP contribution >= 0.6 is 12.2 Å². The van der Waals surface area contributed by atoms with Crippen LogP contribution in [0.4, 0.5) is 10.5 Å². The molecule has 0 bridgehead atoms. The van der Waals surface area contributed by atoms with Crippen LogP contribution in [0.1, 0.15) is 5.56 Å². The van der Waals surface area contributed by atoms with Gasteiger partial charge in [-0.15, -0.1) is 4.83 Å². The predicted molar refractivity (Wildman–Crippen MR) is 103 cm³/mol. The molecule has 26 heavy (non-hydrogen) atoms. The lowest BCUT2D eigenvalue weighted by Gasteiger charge is -2.21. The van der Waals surface area contributed by atoms with E-state index in [1.54, 1.807) is 36.4 Å². The van der Waals surface area contributed by atoms with Crippen molar-refractivity contribution in [1.29, 1.82) is 0 Å². The Hall–Kier alpha value is -2.49. The zero-order chi connectivity index (χ0) is 18.7. The molecule has 3 rings (SSSR count). The highest BCUT2D eigenvalue weighted by atomic mass is 32.2. The van der Waals surface area contributed by atoms with Gasteiger partial charge in [0.05, 0.1) is 11.4 Å². The third-order valence-electron chi connectivity index (χ3n) is 3.84. The van der Waals surface area contributed by atoms with Gasteiger partial charge in [-0.2, -0.15) is 0 Å². The summed E-state index contributed by atoms with van der Waals surface area (Å²) in [5, 5.41) is 4.12. The molecule has 0 unspecified atom stereocenters. The van der Waals surface area contributed by atoms with Crippen molar-refractivity contribution in [2.45, 2.75) is 11.8 Å². The summed E-state index contributed by atoms with van der Waals surface area (Å²) in [5.41, 5.74) is 1.60. The zero-order valence-corrected chi connectivity index (χ0v) is 15.7. The number of benzene rings is 2. The Bertz CT molecular complexity index is 915. The molecule has 0 saturated carbocycles. The number of thiocarbonyl (C=S) groups is 1. The number of nitrogens with zero attached hydrogens (tertiary/aromatic N) is 2. The van der Waals surface area contributed by atoms with Crippen LogP contribution in [-0.4, -0.2) is 42.6 Å². The first-order chi connectivity index (χ1) is 12.4. The molecular formula is C17H18N4O3S2. The number of rotatable bonds is 4. The van der Waals surface area contributed by atoms with Crippen LogP contribution in [0.5, 0.6) is 0 Å². The molecule has 1 heterocycles. The summed E-state index contributed by atoms with van der Waals surface area (Å²) < 4.78 is 25.0. The quantitative estimate of drug-likeness (QED) is 0.783. The Morgan fingerprint density at radius 2 is 1.69 bits per heavy atom. The molecule has 2 amide bonds. The second kappa shape index (κ2) is 7.40. The molecule has 1 aliphatic rings. The number of carbonyl (C=O) groups is 1. The molecule has 2 aromatic rings. The molecular weight excluding hydrogens is 372 g/mol. The smallest absolute Gasteiger partial charge is 0.307 e. The van der Waals surface area contributed by atoms with Gasteiger partial charge in [-0.05, 0) is 43.4 Å². The first kappa shape index (κ1) is 18.3. The summed E-state index contributed by atoms with van der Waals surface area (Å²) in [6, 6.07) is 15.1. The van der Waals surface area contributed by atoms with E-state index in [2.05, 4.69) is 10.1 Å². The number of aryl methyl sites for hydroxylation is 1. The summed E-state index contributed by atoms with van der Waals surface area (Å²) >= 11 is 5.26. The van der Waals surface area contributed by atoms with Crippen LogP contribution in [0.3, 0.4) is 0 Å². The van der Waals surface area contributed by atoms with Gasteiger partial charge in [0.1, 0.15) is 0 Å². The average molecular weight is 390 g/mol. The lowest BCUT2D eigenvalue weighted by atomic mass is 10.2. The van der Waals surface area contributed by atoms with Crippen LogP contribution in [-0.2, 0) is 10.0 Å². The molecule has 0 aromatic heterocycles. The Labute approximate surface area is 157 Å². The summed E-state index contributed by atoms with van der Waals surface area (Å²) in [6.07, 6.45) is 0. The highest BCUT2D eigenvalue weighted by molar-refractivity contribution is 7.89. The van der Waals surface area contributed by atoms with Crippen molar-refractivity contribution in [2.24, 2.45) is 0 Å². The lowest BCUT2D eigenvalue weighted by Crippen LogP contribution is -2.46. The van der Waals surface area contributed by atoms with Crippen molar-refractivity contribution in [1.82, 2.24) is 14.7 Å². The van der Waals surface area contributed by atoms with Crippen molar-refractivity contribution < 1.29 is 13.2 Å². The molecule has 1 fully saturated rings. The van der Waals surface area contributed by atoms with E-state index >= 15 is 0 Å². The summed E-state index contributed by atoms with van der Waals surface area (Å²) in [5.74, 6) is 0. The summed E-state index contributed by atoms with van der Waals surface area (Å²) in [6.45, 7) is 2.43. The molecule has 0 radical (unpaired) electrons. The molecule has 0 spiro atoms. The van der Waals surface area contributed by atoms with E-state index < -0.39 is 16.1 Å². The number of hydrogen-bond donors (Lipinski definition) is 2. The van der Waals surface area contributed by atoms with E-state index in [-0.39, 0.29) is 23.1 Å². The van der Waals surface area contributed by atoms with Crippen LogP contribution in [0, 0.1) is 6.92 Å². The Morgan fingerprint density at radius 3 is 2.35 bits per heavy atom. The second-order valence-electron chi connectivity index (χ2n) is 5.79. The normalized spacial score (nSPS) is 14.6. The number of hydrazine groups is 1. The number of carbonyl (C=O) groups excluding carboxylic acids is 1. The number of anilines is 1. The largest absolute Gasteiger partial charge is 0.328 e. The molecule has 136 valence electrons. The van der Waals surface area contributed by atoms with Gasteiger partial charge < -0.3 is 5.32 Å². The van der Waals surface area contributed by atoms with Gasteiger partial charge in [0.25, 0.3) is 10.0 Å². The highest BCUT2D eigenvalue weighted by Crippen LogP contribution is 2.15. The standard InChI is InChI=1S/C17H18N4O3S2/c1-13-7-9-15(10-8-13)26(23,24)19-21-12-11-20(17(21)25)16(22)18-14-5-3-2-4-6-14/h2-10,19H,11-12H2,1H3,(H,18,22). The second-order valence-corrected chi connectivity index (χ2v) is 7.82. The van der Waals surface area contributed by atoms with E-state index in [0.29, 0.717) is 5.69 Å². The summed E-state index contributed by atoms with van der Waals surface area (Å²) in [4.78, 5) is 16.3. The van der Waals surface area contributed by atoms with Crippen molar-refractivity contribution in [3.63, 3.8) is 0 Å². The van der Waals surface area contributed by atoms with Crippen molar-refractivity contribution >= 4 is 39.1 Å². The molecule has 0 aliphatic carbocycles. The van der Waals surface area contributed by atoms with Crippen molar-refractivity contribution in [3.8, 4) is 0 Å². The van der Waals surface area contributed by atoms with Gasteiger partial charge in [0, 0.05) is 12.2 Å². The summed E-state index contributed by atoms with van der Waals surface area (Å²) in [7, 11) is -3.77. The van der Waals surface area contributed by atoms with Gasteiger partial charge in [0.2, 0.25) is 0 Å². The van der Waals surface area contributed by atoms with Crippen LogP contribution in [0.2, 0.25) is 0 Å². The van der Waals surface area contributed by atoms with Crippen molar-refractivity contribution in [3.05, 3.63) is 60.2 Å². The SMILES string of the molecule is Cc1ccc(S(=O)(=O)NN2CCN(C(=O)Nc3ccccc3)C2=S)cc1. The Morgan fingerprint density at radius 1 is 1.04 bits per heavy atom. The van der Waals surface area contributed by atoms with Gasteiger partial charge in [-0.3, -0.25) is 9.91 Å². The van der Waals surface area contributed by atoms with Crippen molar-refractivity contribution in [2.75, 3.05) is 18.4 Å².